The lowest BCUT2D eigenvalue weighted by molar-refractivity contribution is -0.118. The molecule has 0 saturated heterocycles. The Morgan fingerprint density at radius 3 is 2.70 bits per heavy atom. The first-order valence-corrected chi connectivity index (χ1v) is 7.53. The minimum Gasteiger partial charge on any atom is -0.484 e. The summed E-state index contributed by atoms with van der Waals surface area (Å²) in [6, 6.07) is 14.8. The fraction of sp³-hybridized carbons (Fsp3) is 0.263. The maximum Gasteiger partial charge on any atom is 0.262 e. The van der Waals surface area contributed by atoms with Crippen LogP contribution in [0.3, 0.4) is 0 Å². The summed E-state index contributed by atoms with van der Waals surface area (Å²) in [5.41, 5.74) is 3.48. The first kappa shape index (κ1) is 16.6. The summed E-state index contributed by atoms with van der Waals surface area (Å²) in [6.45, 7) is 6.06. The minimum absolute atomic E-state index is 0.0965. The molecule has 1 N–H and O–H groups in total. The molecule has 0 aliphatic carbocycles. The number of benzene rings is 2. The second kappa shape index (κ2) is 7.46. The van der Waals surface area contributed by atoms with Gasteiger partial charge in [0.05, 0.1) is 11.6 Å². The van der Waals surface area contributed by atoms with Crippen molar-refractivity contribution < 1.29 is 9.53 Å². The molecule has 0 spiro atoms. The third kappa shape index (κ3) is 4.33. The normalized spacial score (nSPS) is 10.2. The Morgan fingerprint density at radius 1 is 1.26 bits per heavy atom. The predicted molar refractivity (Wildman–Crippen MR) is 90.5 cm³/mol. The molecule has 0 heterocycles. The van der Waals surface area contributed by atoms with Crippen molar-refractivity contribution in [3.05, 3.63) is 59.2 Å². The van der Waals surface area contributed by atoms with Crippen LogP contribution >= 0.6 is 0 Å². The number of carbonyl (C=O) groups is 1. The molecule has 4 heteroatoms. The average molecular weight is 308 g/mol. The molecule has 2 rings (SSSR count). The highest BCUT2D eigenvalue weighted by Gasteiger charge is 2.12. The molecular weight excluding hydrogens is 288 g/mol. The summed E-state index contributed by atoms with van der Waals surface area (Å²) >= 11 is 0. The predicted octanol–water partition coefficient (Wildman–Crippen LogP) is 4.01. The number of hydrogen-bond acceptors (Lipinski definition) is 3. The van der Waals surface area contributed by atoms with Crippen LogP contribution in [-0.4, -0.2) is 12.5 Å². The smallest absolute Gasteiger partial charge is 0.262 e. The lowest BCUT2D eigenvalue weighted by atomic mass is 9.98. The van der Waals surface area contributed by atoms with Gasteiger partial charge in [-0.25, -0.2) is 0 Å². The molecule has 2 aromatic rings. The van der Waals surface area contributed by atoms with Crippen LogP contribution in [0.2, 0.25) is 0 Å². The number of nitrogens with zero attached hydrogens (tertiary/aromatic N) is 1. The summed E-state index contributed by atoms with van der Waals surface area (Å²) in [7, 11) is 0. The third-order valence-corrected chi connectivity index (χ3v) is 3.52. The highest BCUT2D eigenvalue weighted by Crippen LogP contribution is 2.27. The minimum atomic E-state index is -0.219. The Bertz CT molecular complexity index is 745. The van der Waals surface area contributed by atoms with Gasteiger partial charge in [0.1, 0.15) is 5.75 Å². The maximum absolute atomic E-state index is 12.2. The topological polar surface area (TPSA) is 62.1 Å². The largest absolute Gasteiger partial charge is 0.484 e. The molecule has 4 nitrogen and oxygen atoms in total. The van der Waals surface area contributed by atoms with Crippen LogP contribution in [0, 0.1) is 18.3 Å². The first-order valence-electron chi connectivity index (χ1n) is 7.53. The number of nitriles is 1. The van der Waals surface area contributed by atoms with Crippen LogP contribution in [0.5, 0.6) is 5.75 Å². The van der Waals surface area contributed by atoms with Gasteiger partial charge in [0.15, 0.2) is 6.61 Å². The number of anilines is 1. The summed E-state index contributed by atoms with van der Waals surface area (Å²) in [5, 5.41) is 11.8. The van der Waals surface area contributed by atoms with Crippen LogP contribution in [0.4, 0.5) is 5.69 Å². The number of para-hydroxylation sites is 1. The van der Waals surface area contributed by atoms with E-state index >= 15 is 0 Å². The lowest BCUT2D eigenvalue weighted by Gasteiger charge is -2.16. The van der Waals surface area contributed by atoms with Gasteiger partial charge in [0, 0.05) is 5.69 Å². The van der Waals surface area contributed by atoms with Gasteiger partial charge in [-0.15, -0.1) is 0 Å². The van der Waals surface area contributed by atoms with Gasteiger partial charge in [-0.2, -0.15) is 5.26 Å². The molecule has 0 aromatic heterocycles. The van der Waals surface area contributed by atoms with Crippen molar-refractivity contribution in [1.82, 2.24) is 0 Å². The van der Waals surface area contributed by atoms with Gasteiger partial charge in [0.2, 0.25) is 0 Å². The SMILES string of the molecule is Cc1cccc(C(C)C)c1NC(=O)COc1cccc(C#N)c1. The van der Waals surface area contributed by atoms with Crippen LogP contribution in [0.25, 0.3) is 0 Å². The second-order valence-electron chi connectivity index (χ2n) is 5.67. The monoisotopic (exact) mass is 308 g/mol. The number of amides is 1. The summed E-state index contributed by atoms with van der Waals surface area (Å²) in [6.07, 6.45) is 0. The number of hydrogen-bond donors (Lipinski definition) is 1. The molecule has 2 aromatic carbocycles. The van der Waals surface area contributed by atoms with Gasteiger partial charge in [0.25, 0.3) is 5.91 Å². The van der Waals surface area contributed by atoms with Crippen molar-refractivity contribution in [1.29, 1.82) is 5.26 Å². The Hall–Kier alpha value is -2.80. The van der Waals surface area contributed by atoms with E-state index in [0.717, 1.165) is 16.8 Å². The Balaban J connectivity index is 2.04. The molecule has 118 valence electrons. The summed E-state index contributed by atoms with van der Waals surface area (Å²) in [4.78, 5) is 12.2. The van der Waals surface area contributed by atoms with Crippen molar-refractivity contribution in [2.75, 3.05) is 11.9 Å². The number of carbonyl (C=O) groups excluding carboxylic acids is 1. The summed E-state index contributed by atoms with van der Waals surface area (Å²) in [5.74, 6) is 0.607. The van der Waals surface area contributed by atoms with E-state index in [1.54, 1.807) is 24.3 Å². The zero-order chi connectivity index (χ0) is 16.8. The Morgan fingerprint density at radius 2 is 2.00 bits per heavy atom. The van der Waals surface area contributed by atoms with Crippen molar-refractivity contribution in [3.63, 3.8) is 0 Å². The van der Waals surface area contributed by atoms with E-state index < -0.39 is 0 Å². The fourth-order valence-electron chi connectivity index (χ4n) is 2.32. The van der Waals surface area contributed by atoms with Crippen molar-refractivity contribution >= 4 is 11.6 Å². The molecule has 0 unspecified atom stereocenters. The van der Waals surface area contributed by atoms with Crippen molar-refractivity contribution in [2.45, 2.75) is 26.7 Å². The van der Waals surface area contributed by atoms with E-state index in [-0.39, 0.29) is 12.5 Å². The van der Waals surface area contributed by atoms with Crippen molar-refractivity contribution in [3.8, 4) is 11.8 Å². The van der Waals surface area contributed by atoms with Gasteiger partial charge in [-0.1, -0.05) is 38.1 Å². The van der Waals surface area contributed by atoms with E-state index in [4.69, 9.17) is 10.00 Å². The molecule has 23 heavy (non-hydrogen) atoms. The standard InChI is InChI=1S/C19H20N2O2/c1-13(2)17-9-4-6-14(3)19(17)21-18(22)12-23-16-8-5-7-15(10-16)11-20/h4-10,13H,12H2,1-3H3,(H,21,22). The molecule has 0 aliphatic heterocycles. The number of ether oxygens (including phenoxy) is 1. The third-order valence-electron chi connectivity index (χ3n) is 3.52. The molecule has 0 aliphatic rings. The molecular formula is C19H20N2O2. The van der Waals surface area contributed by atoms with Gasteiger partial charge in [-0.05, 0) is 42.2 Å². The molecule has 0 radical (unpaired) electrons. The molecule has 0 bridgehead atoms. The fourth-order valence-corrected chi connectivity index (χ4v) is 2.32. The Kier molecular flexibility index (Phi) is 5.37. The second-order valence-corrected chi connectivity index (χ2v) is 5.67. The highest BCUT2D eigenvalue weighted by atomic mass is 16.5. The zero-order valence-electron chi connectivity index (χ0n) is 13.6. The van der Waals surface area contributed by atoms with E-state index in [2.05, 4.69) is 19.2 Å². The lowest BCUT2D eigenvalue weighted by Crippen LogP contribution is -2.21. The molecule has 0 saturated carbocycles. The van der Waals surface area contributed by atoms with E-state index in [1.807, 2.05) is 31.2 Å². The Labute approximate surface area is 136 Å². The molecule has 0 atom stereocenters. The number of aryl methyl sites for hydroxylation is 1. The van der Waals surface area contributed by atoms with Crippen LogP contribution < -0.4 is 10.1 Å². The number of nitrogens with one attached hydrogen (secondary N) is 1. The maximum atomic E-state index is 12.2. The van der Waals surface area contributed by atoms with Crippen LogP contribution in [0.15, 0.2) is 42.5 Å². The van der Waals surface area contributed by atoms with Gasteiger partial charge in [-0.3, -0.25) is 4.79 Å². The first-order chi connectivity index (χ1) is 11.0. The van der Waals surface area contributed by atoms with Crippen LogP contribution in [0.1, 0.15) is 36.5 Å². The quantitative estimate of drug-likeness (QED) is 0.908. The average Bonchev–Trinajstić information content (AvgIpc) is 2.54. The summed E-state index contributed by atoms with van der Waals surface area (Å²) < 4.78 is 5.46. The number of rotatable bonds is 5. The molecule has 1 amide bonds. The van der Waals surface area contributed by atoms with Gasteiger partial charge >= 0.3 is 0 Å². The van der Waals surface area contributed by atoms with Crippen LogP contribution in [-0.2, 0) is 4.79 Å². The molecule has 0 fully saturated rings. The van der Waals surface area contributed by atoms with E-state index in [0.29, 0.717) is 17.2 Å². The van der Waals surface area contributed by atoms with Gasteiger partial charge < -0.3 is 10.1 Å². The highest BCUT2D eigenvalue weighted by molar-refractivity contribution is 5.93. The van der Waals surface area contributed by atoms with E-state index in [9.17, 15) is 4.79 Å². The zero-order valence-corrected chi connectivity index (χ0v) is 13.6. The van der Waals surface area contributed by atoms with E-state index in [1.165, 1.54) is 0 Å². The van der Waals surface area contributed by atoms with Crippen molar-refractivity contribution in [2.24, 2.45) is 0 Å².